The zero-order valence-corrected chi connectivity index (χ0v) is 16.7. The summed E-state index contributed by atoms with van der Waals surface area (Å²) in [5, 5.41) is 14.7. The molecule has 0 fully saturated rings. The third kappa shape index (κ3) is 5.53. The van der Waals surface area contributed by atoms with E-state index in [0.717, 1.165) is 16.5 Å². The van der Waals surface area contributed by atoms with Gasteiger partial charge in [-0.3, -0.25) is 4.79 Å². The van der Waals surface area contributed by atoms with E-state index < -0.39 is 17.9 Å². The molecule has 0 bridgehead atoms. The van der Waals surface area contributed by atoms with E-state index in [0.29, 0.717) is 5.56 Å². The second kappa shape index (κ2) is 9.50. The number of hydrogen-bond donors (Lipinski definition) is 2. The monoisotopic (exact) mass is 374 g/mol. The van der Waals surface area contributed by atoms with E-state index in [9.17, 15) is 19.1 Å². The molecule has 0 aliphatic heterocycles. The summed E-state index contributed by atoms with van der Waals surface area (Å²) < 4.78 is 12.9. The smallest absolute Gasteiger partial charge is 0.548 e. The zero-order valence-electron chi connectivity index (χ0n) is 14.7. The van der Waals surface area contributed by atoms with Crippen LogP contribution in [0.15, 0.2) is 60.8 Å². The molecule has 0 saturated heterocycles. The van der Waals surface area contributed by atoms with Crippen molar-refractivity contribution in [3.63, 3.8) is 0 Å². The summed E-state index contributed by atoms with van der Waals surface area (Å²) in [5.41, 5.74) is 2.29. The molecule has 3 aromatic rings. The van der Waals surface area contributed by atoms with Crippen LogP contribution in [0.3, 0.4) is 0 Å². The topological polar surface area (TPSA) is 85.0 Å². The number of nitrogens with one attached hydrogen (secondary N) is 2. The number of carbonyl (C=O) groups excluding carboxylic acids is 2. The molecular weight excluding hydrogens is 358 g/mol. The van der Waals surface area contributed by atoms with Crippen molar-refractivity contribution in [2.75, 3.05) is 0 Å². The van der Waals surface area contributed by atoms with Crippen molar-refractivity contribution >= 4 is 28.9 Å². The Morgan fingerprint density at radius 2 is 1.85 bits per heavy atom. The second-order valence-corrected chi connectivity index (χ2v) is 5.83. The van der Waals surface area contributed by atoms with Crippen molar-refractivity contribution < 1.29 is 48.6 Å². The standard InChI is InChI=1S/C20H17FN2O3.Na/c21-15-8-5-13(6-9-15)7-10-19(24)23-18(20(25)26)11-14-12-22-17-4-2-1-3-16(14)17;/h1-10,12,18,22H,11H2,(H,23,24)(H,25,26);/q;+1/p-1/t18-;/m0./s1. The van der Waals surface area contributed by atoms with Crippen LogP contribution >= 0.6 is 0 Å². The number of hydrogen-bond acceptors (Lipinski definition) is 3. The minimum Gasteiger partial charge on any atom is -0.548 e. The van der Waals surface area contributed by atoms with E-state index in [-0.39, 0.29) is 41.8 Å². The number of amides is 1. The molecule has 0 aliphatic carbocycles. The number of rotatable bonds is 6. The van der Waals surface area contributed by atoms with Gasteiger partial charge in [0.1, 0.15) is 5.82 Å². The summed E-state index contributed by atoms with van der Waals surface area (Å²) in [4.78, 5) is 26.5. The Bertz CT molecular complexity index is 967. The first-order valence-corrected chi connectivity index (χ1v) is 8.03. The molecule has 0 spiro atoms. The van der Waals surface area contributed by atoms with E-state index in [1.165, 1.54) is 36.4 Å². The maximum atomic E-state index is 12.9. The molecule has 27 heavy (non-hydrogen) atoms. The van der Waals surface area contributed by atoms with Crippen LogP contribution in [0.5, 0.6) is 0 Å². The van der Waals surface area contributed by atoms with Gasteiger partial charge in [0.05, 0.1) is 12.0 Å². The Balaban J connectivity index is 0.00000261. The number of aliphatic carboxylic acids is 1. The van der Waals surface area contributed by atoms with Crippen molar-refractivity contribution in [2.45, 2.75) is 12.5 Å². The van der Waals surface area contributed by atoms with Crippen LogP contribution in [-0.2, 0) is 16.0 Å². The van der Waals surface area contributed by atoms with E-state index in [2.05, 4.69) is 10.3 Å². The first kappa shape index (κ1) is 20.9. The van der Waals surface area contributed by atoms with Gasteiger partial charge in [-0.2, -0.15) is 0 Å². The van der Waals surface area contributed by atoms with Crippen molar-refractivity contribution in [3.8, 4) is 0 Å². The van der Waals surface area contributed by atoms with Crippen LogP contribution in [0.2, 0.25) is 0 Å². The van der Waals surface area contributed by atoms with Crippen molar-refractivity contribution in [3.05, 3.63) is 77.7 Å². The fourth-order valence-electron chi connectivity index (χ4n) is 2.68. The fraction of sp³-hybridized carbons (Fsp3) is 0.100. The molecule has 0 aliphatic rings. The minimum absolute atomic E-state index is 0. The van der Waals surface area contributed by atoms with Crippen LogP contribution in [0, 0.1) is 5.82 Å². The molecule has 0 unspecified atom stereocenters. The number of H-pyrrole nitrogens is 1. The normalized spacial score (nSPS) is 11.9. The molecule has 2 N–H and O–H groups in total. The summed E-state index contributed by atoms with van der Waals surface area (Å²) in [5.74, 6) is -2.30. The van der Waals surface area contributed by atoms with Gasteiger partial charge in [0, 0.05) is 29.6 Å². The van der Waals surface area contributed by atoms with Crippen LogP contribution in [-0.4, -0.2) is 22.9 Å². The van der Waals surface area contributed by atoms with Crippen LogP contribution in [0.4, 0.5) is 4.39 Å². The maximum absolute atomic E-state index is 12.9. The number of aromatic amines is 1. The Morgan fingerprint density at radius 3 is 2.56 bits per heavy atom. The van der Waals surface area contributed by atoms with E-state index in [1.54, 1.807) is 6.20 Å². The minimum atomic E-state index is -1.36. The molecule has 1 atom stereocenters. The van der Waals surface area contributed by atoms with Crippen LogP contribution in [0.25, 0.3) is 17.0 Å². The van der Waals surface area contributed by atoms with Gasteiger partial charge in [-0.1, -0.05) is 30.3 Å². The molecule has 3 rings (SSSR count). The molecule has 132 valence electrons. The summed E-state index contributed by atoms with van der Waals surface area (Å²) in [6, 6.07) is 11.9. The zero-order chi connectivity index (χ0) is 18.5. The van der Waals surface area contributed by atoms with E-state index in [4.69, 9.17) is 0 Å². The summed E-state index contributed by atoms with van der Waals surface area (Å²) in [7, 11) is 0. The van der Waals surface area contributed by atoms with Gasteiger partial charge >= 0.3 is 29.6 Å². The maximum Gasteiger partial charge on any atom is 1.00 e. The average molecular weight is 374 g/mol. The Kier molecular flexibility index (Phi) is 7.36. The number of halogens is 1. The second-order valence-electron chi connectivity index (χ2n) is 5.83. The Morgan fingerprint density at radius 1 is 1.15 bits per heavy atom. The van der Waals surface area contributed by atoms with E-state index in [1.807, 2.05) is 24.3 Å². The Hall–Kier alpha value is -2.41. The number of aromatic nitrogens is 1. The third-order valence-electron chi connectivity index (χ3n) is 4.00. The van der Waals surface area contributed by atoms with E-state index >= 15 is 0 Å². The van der Waals surface area contributed by atoms with Crippen molar-refractivity contribution in [2.24, 2.45) is 0 Å². The van der Waals surface area contributed by atoms with Gasteiger partial charge in [0.25, 0.3) is 0 Å². The number of para-hydroxylation sites is 1. The van der Waals surface area contributed by atoms with Crippen molar-refractivity contribution in [1.29, 1.82) is 0 Å². The molecule has 0 saturated carbocycles. The van der Waals surface area contributed by atoms with Gasteiger partial charge in [0.2, 0.25) is 5.91 Å². The molecule has 2 aromatic carbocycles. The average Bonchev–Trinajstić information content (AvgIpc) is 3.04. The third-order valence-corrected chi connectivity index (χ3v) is 4.00. The quantitative estimate of drug-likeness (QED) is 0.420. The number of carboxylic acids is 1. The number of benzene rings is 2. The van der Waals surface area contributed by atoms with Crippen LogP contribution in [0.1, 0.15) is 11.1 Å². The summed E-state index contributed by atoms with van der Waals surface area (Å²) >= 11 is 0. The molecular formula is C20H16FN2NaO3. The molecule has 1 aromatic heterocycles. The van der Waals surface area contributed by atoms with Gasteiger partial charge in [-0.05, 0) is 35.4 Å². The number of carboxylic acid groups (broad SMARTS) is 1. The number of carbonyl (C=O) groups is 2. The summed E-state index contributed by atoms with van der Waals surface area (Å²) in [6.45, 7) is 0. The Labute approximate surface area is 177 Å². The predicted molar refractivity (Wildman–Crippen MR) is 94.4 cm³/mol. The molecule has 0 radical (unpaired) electrons. The summed E-state index contributed by atoms with van der Waals surface area (Å²) in [6.07, 6.45) is 4.51. The number of fused-ring (bicyclic) bond motifs is 1. The van der Waals surface area contributed by atoms with Gasteiger partial charge in [-0.25, -0.2) is 4.39 Å². The SMILES string of the molecule is O=C(C=Cc1ccc(F)cc1)N[C@@H](Cc1c[nH]c2ccccc12)C(=O)[O-].[Na+]. The predicted octanol–water partition coefficient (Wildman–Crippen LogP) is -1.20. The fourth-order valence-corrected chi connectivity index (χ4v) is 2.68. The largest absolute Gasteiger partial charge is 1.00 e. The van der Waals surface area contributed by atoms with Gasteiger partial charge in [0.15, 0.2) is 0 Å². The van der Waals surface area contributed by atoms with Gasteiger partial charge in [-0.15, -0.1) is 0 Å². The molecule has 7 heteroatoms. The van der Waals surface area contributed by atoms with Crippen LogP contribution < -0.4 is 40.0 Å². The molecule has 1 heterocycles. The van der Waals surface area contributed by atoms with Gasteiger partial charge < -0.3 is 20.2 Å². The molecule has 1 amide bonds. The first-order chi connectivity index (χ1) is 12.5. The molecule has 5 nitrogen and oxygen atoms in total. The van der Waals surface area contributed by atoms with Crippen molar-refractivity contribution in [1.82, 2.24) is 10.3 Å². The first-order valence-electron chi connectivity index (χ1n) is 8.03.